The van der Waals surface area contributed by atoms with Crippen molar-refractivity contribution >= 4 is 22.8 Å². The van der Waals surface area contributed by atoms with Gasteiger partial charge in [0.25, 0.3) is 5.91 Å². The van der Waals surface area contributed by atoms with E-state index in [4.69, 9.17) is 5.73 Å². The first-order chi connectivity index (χ1) is 12.4. The van der Waals surface area contributed by atoms with Crippen LogP contribution in [0.2, 0.25) is 0 Å². The van der Waals surface area contributed by atoms with Gasteiger partial charge in [-0.2, -0.15) is 5.10 Å². The number of amides is 2. The van der Waals surface area contributed by atoms with E-state index in [-0.39, 0.29) is 5.69 Å². The molecule has 2 unspecified atom stereocenters. The van der Waals surface area contributed by atoms with Crippen molar-refractivity contribution in [1.29, 1.82) is 0 Å². The first kappa shape index (κ1) is 17.6. The van der Waals surface area contributed by atoms with Crippen molar-refractivity contribution in [2.75, 3.05) is 0 Å². The summed E-state index contributed by atoms with van der Waals surface area (Å²) in [6, 6.07) is 8.18. The third-order valence-electron chi connectivity index (χ3n) is 4.11. The molecule has 3 rings (SSSR count). The van der Waals surface area contributed by atoms with E-state index in [1.54, 1.807) is 6.07 Å². The van der Waals surface area contributed by atoms with Gasteiger partial charge in [-0.15, -0.1) is 0 Å². The van der Waals surface area contributed by atoms with Crippen molar-refractivity contribution in [3.63, 3.8) is 0 Å². The molecule has 9 heteroatoms. The van der Waals surface area contributed by atoms with Crippen LogP contribution in [-0.4, -0.2) is 48.8 Å². The number of H-pyrrole nitrogens is 1. The molecule has 0 aliphatic carbocycles. The number of nitrogens with one attached hydrogen (secondary N) is 2. The fourth-order valence-corrected chi connectivity index (χ4v) is 2.77. The number of aliphatic hydroxyl groups excluding tert-OH is 1. The predicted molar refractivity (Wildman–Crippen MR) is 94.3 cm³/mol. The van der Waals surface area contributed by atoms with E-state index in [1.165, 1.54) is 6.92 Å². The molecule has 2 atom stereocenters. The van der Waals surface area contributed by atoms with Gasteiger partial charge in [0.2, 0.25) is 5.91 Å². The van der Waals surface area contributed by atoms with Gasteiger partial charge < -0.3 is 20.7 Å². The van der Waals surface area contributed by atoms with Crippen LogP contribution < -0.4 is 11.1 Å². The Hall–Kier alpha value is -3.20. The summed E-state index contributed by atoms with van der Waals surface area (Å²) in [6.07, 6.45) is -1.10. The summed E-state index contributed by atoms with van der Waals surface area (Å²) in [4.78, 5) is 28.0. The number of hydrogen-bond acceptors (Lipinski definition) is 5. The third-order valence-corrected chi connectivity index (χ3v) is 4.11. The molecule has 2 amide bonds. The highest BCUT2D eigenvalue weighted by molar-refractivity contribution is 5.96. The number of carbonyl (C=O) groups excluding carboxylic acids is 2. The van der Waals surface area contributed by atoms with Gasteiger partial charge in [0.1, 0.15) is 17.6 Å². The highest BCUT2D eigenvalue weighted by atomic mass is 16.3. The molecule has 0 radical (unpaired) electrons. The van der Waals surface area contributed by atoms with Crippen molar-refractivity contribution in [2.24, 2.45) is 5.73 Å². The molecule has 0 saturated carbocycles. The number of rotatable bonds is 6. The van der Waals surface area contributed by atoms with Crippen LogP contribution in [0.1, 0.15) is 28.9 Å². The number of nitrogens with zero attached hydrogens (tertiary/aromatic N) is 3. The lowest BCUT2D eigenvalue weighted by Gasteiger charge is -2.17. The Balaban J connectivity index is 1.78. The third kappa shape index (κ3) is 3.42. The molecule has 2 heterocycles. The number of carbonyl (C=O) groups is 2. The average Bonchev–Trinajstić information content (AvgIpc) is 3.17. The molecule has 0 aliphatic heterocycles. The Kier molecular flexibility index (Phi) is 4.72. The number of imidazole rings is 1. The average molecular weight is 356 g/mol. The van der Waals surface area contributed by atoms with E-state index in [2.05, 4.69) is 20.5 Å². The number of primary amides is 1. The first-order valence-corrected chi connectivity index (χ1v) is 8.11. The van der Waals surface area contributed by atoms with Crippen LogP contribution in [0.5, 0.6) is 0 Å². The number of hydrogen-bond donors (Lipinski definition) is 4. The lowest BCUT2D eigenvalue weighted by Crippen LogP contribution is -2.50. The van der Waals surface area contributed by atoms with Crippen LogP contribution in [0.3, 0.4) is 0 Å². The molecule has 2 aromatic heterocycles. The number of fused-ring (bicyclic) bond motifs is 1. The summed E-state index contributed by atoms with van der Waals surface area (Å²) >= 11 is 0. The quantitative estimate of drug-likeness (QED) is 0.495. The van der Waals surface area contributed by atoms with Gasteiger partial charge >= 0.3 is 0 Å². The van der Waals surface area contributed by atoms with Crippen molar-refractivity contribution in [1.82, 2.24) is 25.1 Å². The van der Waals surface area contributed by atoms with Crippen molar-refractivity contribution < 1.29 is 14.7 Å². The molecule has 0 fully saturated rings. The molecule has 136 valence electrons. The largest absolute Gasteiger partial charge is 0.391 e. The topological polar surface area (TPSA) is 139 Å². The van der Waals surface area contributed by atoms with Gasteiger partial charge in [0.15, 0.2) is 0 Å². The monoisotopic (exact) mass is 356 g/mol. The molecular formula is C17H20N6O3. The number of nitrogens with two attached hydrogens (primary N) is 1. The van der Waals surface area contributed by atoms with E-state index in [0.29, 0.717) is 12.2 Å². The van der Waals surface area contributed by atoms with Gasteiger partial charge in [0, 0.05) is 0 Å². The summed E-state index contributed by atoms with van der Waals surface area (Å²) < 4.78 is 2.01. The Morgan fingerprint density at radius 1 is 1.38 bits per heavy atom. The Labute approximate surface area is 149 Å². The number of aliphatic hydroxyl groups is 1. The molecule has 0 saturated heterocycles. The normalized spacial score (nSPS) is 13.5. The molecule has 0 spiro atoms. The second kappa shape index (κ2) is 6.96. The molecular weight excluding hydrogens is 336 g/mol. The molecule has 3 aromatic rings. The lowest BCUT2D eigenvalue weighted by molar-refractivity contribution is -0.122. The molecule has 0 bridgehead atoms. The summed E-state index contributed by atoms with van der Waals surface area (Å²) in [5.74, 6) is -0.566. The summed E-state index contributed by atoms with van der Waals surface area (Å²) in [7, 11) is 0. The molecule has 1 aromatic carbocycles. The van der Waals surface area contributed by atoms with Gasteiger partial charge in [-0.1, -0.05) is 12.1 Å². The van der Waals surface area contributed by atoms with E-state index < -0.39 is 24.0 Å². The van der Waals surface area contributed by atoms with E-state index >= 15 is 0 Å². The maximum atomic E-state index is 12.2. The first-order valence-electron chi connectivity index (χ1n) is 8.11. The predicted octanol–water partition coefficient (Wildman–Crippen LogP) is 0.0806. The van der Waals surface area contributed by atoms with E-state index in [9.17, 15) is 14.7 Å². The minimum atomic E-state index is -1.18. The highest BCUT2D eigenvalue weighted by Gasteiger charge is 2.24. The molecule has 26 heavy (non-hydrogen) atoms. The SMILES string of the molecule is Cc1nc2ccccc2n1Cc1cc(C(=O)NC(C(N)=O)C(C)O)n[nH]1. The van der Waals surface area contributed by atoms with Gasteiger partial charge in [0.05, 0.1) is 29.4 Å². The second-order valence-corrected chi connectivity index (χ2v) is 6.11. The van der Waals surface area contributed by atoms with Gasteiger partial charge in [-0.3, -0.25) is 14.7 Å². The van der Waals surface area contributed by atoms with Gasteiger partial charge in [-0.25, -0.2) is 4.98 Å². The fourth-order valence-electron chi connectivity index (χ4n) is 2.77. The van der Waals surface area contributed by atoms with Crippen molar-refractivity contribution in [3.05, 3.63) is 47.5 Å². The molecule has 9 nitrogen and oxygen atoms in total. The number of para-hydroxylation sites is 2. The Bertz CT molecular complexity index is 958. The fraction of sp³-hybridized carbons (Fsp3) is 0.294. The Morgan fingerprint density at radius 2 is 2.12 bits per heavy atom. The maximum Gasteiger partial charge on any atom is 0.272 e. The maximum absolute atomic E-state index is 12.2. The van der Waals surface area contributed by atoms with E-state index in [1.807, 2.05) is 35.8 Å². The zero-order valence-corrected chi connectivity index (χ0v) is 14.4. The van der Waals surface area contributed by atoms with Crippen LogP contribution in [0.4, 0.5) is 0 Å². The zero-order chi connectivity index (χ0) is 18.8. The number of benzene rings is 1. The minimum absolute atomic E-state index is 0.106. The van der Waals surface area contributed by atoms with Gasteiger partial charge in [-0.05, 0) is 32.0 Å². The Morgan fingerprint density at radius 3 is 2.81 bits per heavy atom. The van der Waals surface area contributed by atoms with E-state index in [0.717, 1.165) is 16.9 Å². The molecule has 5 N–H and O–H groups in total. The van der Waals surface area contributed by atoms with Crippen LogP contribution >= 0.6 is 0 Å². The lowest BCUT2D eigenvalue weighted by atomic mass is 10.1. The smallest absolute Gasteiger partial charge is 0.272 e. The van der Waals surface area contributed by atoms with Crippen LogP contribution in [0, 0.1) is 6.92 Å². The summed E-state index contributed by atoms with van der Waals surface area (Å²) in [5, 5.41) is 18.7. The van der Waals surface area contributed by atoms with Crippen LogP contribution in [0.25, 0.3) is 11.0 Å². The van der Waals surface area contributed by atoms with Crippen LogP contribution in [0.15, 0.2) is 30.3 Å². The standard InChI is InChI=1S/C17H20N6O3/c1-9(24)15(16(18)25)20-17(26)13-7-11(21-22-13)8-23-10(2)19-12-5-3-4-6-14(12)23/h3-7,9,15,24H,8H2,1-2H3,(H2,18,25)(H,20,26)(H,21,22). The van der Waals surface area contributed by atoms with Crippen molar-refractivity contribution in [3.8, 4) is 0 Å². The van der Waals surface area contributed by atoms with Crippen molar-refractivity contribution in [2.45, 2.75) is 32.5 Å². The second-order valence-electron chi connectivity index (χ2n) is 6.11. The molecule has 0 aliphatic rings. The summed E-state index contributed by atoms with van der Waals surface area (Å²) in [6.45, 7) is 3.74. The number of aromatic nitrogens is 4. The summed E-state index contributed by atoms with van der Waals surface area (Å²) in [5.41, 5.74) is 7.86. The number of aryl methyl sites for hydroxylation is 1. The number of aromatic amines is 1. The van der Waals surface area contributed by atoms with Crippen LogP contribution in [-0.2, 0) is 11.3 Å². The minimum Gasteiger partial charge on any atom is -0.391 e. The highest BCUT2D eigenvalue weighted by Crippen LogP contribution is 2.17. The zero-order valence-electron chi connectivity index (χ0n) is 14.4.